The molecule has 0 bridgehead atoms. The van der Waals surface area contributed by atoms with Gasteiger partial charge in [0.05, 0.1) is 27.9 Å². The topological polar surface area (TPSA) is 188 Å². The van der Waals surface area contributed by atoms with E-state index in [0.29, 0.717) is 17.5 Å². The molecule has 0 spiro atoms. The molecule has 2 aromatic rings. The monoisotopic (exact) mass is 552 g/mol. The first kappa shape index (κ1) is 29.2. The first-order valence-electron chi connectivity index (χ1n) is 12.6. The first-order valence-corrected chi connectivity index (χ1v) is 12.6. The second kappa shape index (κ2) is 12.1. The van der Waals surface area contributed by atoms with Crippen LogP contribution < -0.4 is 18.9 Å². The smallest absolute Gasteiger partial charge is 0.229 e. The van der Waals surface area contributed by atoms with Gasteiger partial charge in [0.15, 0.2) is 23.0 Å². The zero-order valence-corrected chi connectivity index (χ0v) is 21.9. The molecule has 2 aromatic carbocycles. The van der Waals surface area contributed by atoms with Gasteiger partial charge in [-0.25, -0.2) is 0 Å². The van der Waals surface area contributed by atoms with Gasteiger partial charge >= 0.3 is 0 Å². The Morgan fingerprint density at radius 1 is 0.769 bits per heavy atom. The molecule has 2 aliphatic rings. The Kier molecular flexibility index (Phi) is 9.07. The van der Waals surface area contributed by atoms with Gasteiger partial charge in [-0.05, 0) is 59.2 Å². The standard InChI is InChI=1S/C27H36O12/c1-35-17-5-12-4-14(9-28)16(10-29)22(13-6-19(36-2)23(31)20(7-13)37-3)15(12)8-18(17)38-27-26(34)25(33)24(32)21(11-30)39-27/h5-8,14,16,21-22,24-34H,4,9-11H2,1-3H3. The Balaban J connectivity index is 1.83. The van der Waals surface area contributed by atoms with Crippen LogP contribution in [0.2, 0.25) is 0 Å². The molecule has 1 fully saturated rings. The number of aliphatic hydroxyl groups is 6. The average molecular weight is 553 g/mol. The molecule has 0 radical (unpaired) electrons. The van der Waals surface area contributed by atoms with Crippen molar-refractivity contribution in [1.29, 1.82) is 0 Å². The number of fused-ring (bicyclic) bond motifs is 1. The quantitative estimate of drug-likeness (QED) is 0.212. The highest BCUT2D eigenvalue weighted by atomic mass is 16.7. The molecule has 0 aromatic heterocycles. The van der Waals surface area contributed by atoms with Crippen LogP contribution in [0.1, 0.15) is 22.6 Å². The lowest BCUT2D eigenvalue weighted by Gasteiger charge is -2.41. The van der Waals surface area contributed by atoms with Crippen LogP contribution in [0, 0.1) is 11.8 Å². The van der Waals surface area contributed by atoms with E-state index in [0.717, 1.165) is 5.56 Å². The number of phenols is 1. The highest BCUT2D eigenvalue weighted by molar-refractivity contribution is 5.58. The van der Waals surface area contributed by atoms with E-state index < -0.39 is 49.1 Å². The number of aliphatic hydroxyl groups excluding tert-OH is 6. The van der Waals surface area contributed by atoms with Crippen LogP contribution in [0.25, 0.3) is 0 Å². The molecule has 39 heavy (non-hydrogen) atoms. The largest absolute Gasteiger partial charge is 0.502 e. The molecule has 8 atom stereocenters. The van der Waals surface area contributed by atoms with E-state index in [1.54, 1.807) is 24.3 Å². The van der Waals surface area contributed by atoms with Crippen molar-refractivity contribution < 1.29 is 59.4 Å². The summed E-state index contributed by atoms with van der Waals surface area (Å²) < 4.78 is 27.7. The van der Waals surface area contributed by atoms with Gasteiger partial charge in [-0.2, -0.15) is 0 Å². The highest BCUT2D eigenvalue weighted by Gasteiger charge is 2.45. The molecule has 12 heteroatoms. The van der Waals surface area contributed by atoms with Gasteiger partial charge in [0.1, 0.15) is 24.4 Å². The minimum Gasteiger partial charge on any atom is -0.502 e. The van der Waals surface area contributed by atoms with E-state index in [4.69, 9.17) is 23.7 Å². The Morgan fingerprint density at radius 3 is 1.95 bits per heavy atom. The number of methoxy groups -OCH3 is 3. The van der Waals surface area contributed by atoms with Crippen molar-refractivity contribution in [1.82, 2.24) is 0 Å². The third kappa shape index (κ3) is 5.33. The summed E-state index contributed by atoms with van der Waals surface area (Å²) in [5, 5.41) is 71.4. The van der Waals surface area contributed by atoms with Crippen LogP contribution in [0.3, 0.4) is 0 Å². The Morgan fingerprint density at radius 2 is 1.41 bits per heavy atom. The fourth-order valence-corrected chi connectivity index (χ4v) is 5.54. The summed E-state index contributed by atoms with van der Waals surface area (Å²) in [7, 11) is 4.24. The summed E-state index contributed by atoms with van der Waals surface area (Å²) in [6.45, 7) is -1.05. The average Bonchev–Trinajstić information content (AvgIpc) is 2.96. The van der Waals surface area contributed by atoms with Gasteiger partial charge < -0.3 is 59.4 Å². The lowest BCUT2D eigenvalue weighted by molar-refractivity contribution is -0.277. The summed E-state index contributed by atoms with van der Waals surface area (Å²) in [4.78, 5) is 0. The van der Waals surface area contributed by atoms with Crippen LogP contribution in [0.15, 0.2) is 24.3 Å². The number of rotatable bonds is 9. The maximum atomic E-state index is 10.5. The van der Waals surface area contributed by atoms with Crippen LogP contribution in [0.4, 0.5) is 0 Å². The van der Waals surface area contributed by atoms with Crippen molar-refractivity contribution in [2.24, 2.45) is 11.8 Å². The summed E-state index contributed by atoms with van der Waals surface area (Å²) in [5.41, 5.74) is 2.17. The van der Waals surface area contributed by atoms with E-state index in [1.807, 2.05) is 0 Å². The molecular formula is C27H36O12. The van der Waals surface area contributed by atoms with E-state index in [2.05, 4.69) is 0 Å². The van der Waals surface area contributed by atoms with Gasteiger partial charge in [-0.3, -0.25) is 0 Å². The van der Waals surface area contributed by atoms with Crippen molar-refractivity contribution >= 4 is 0 Å². The lowest BCUT2D eigenvalue weighted by atomic mass is 9.67. The first-order chi connectivity index (χ1) is 18.7. The number of phenolic OH excluding ortho intramolecular Hbond substituents is 1. The van der Waals surface area contributed by atoms with E-state index >= 15 is 0 Å². The normalized spacial score (nSPS) is 30.4. The maximum Gasteiger partial charge on any atom is 0.229 e. The van der Waals surface area contributed by atoms with Crippen LogP contribution in [0.5, 0.6) is 28.7 Å². The number of hydrogen-bond donors (Lipinski definition) is 7. The molecule has 0 amide bonds. The minimum atomic E-state index is -1.63. The highest BCUT2D eigenvalue weighted by Crippen LogP contribution is 2.50. The second-order valence-electron chi connectivity index (χ2n) is 9.76. The molecule has 7 N–H and O–H groups in total. The molecule has 4 rings (SSSR count). The third-order valence-electron chi connectivity index (χ3n) is 7.67. The van der Waals surface area contributed by atoms with Gasteiger partial charge in [0, 0.05) is 19.1 Å². The van der Waals surface area contributed by atoms with Crippen molar-refractivity contribution in [2.45, 2.75) is 43.0 Å². The van der Waals surface area contributed by atoms with Gasteiger partial charge in [0.2, 0.25) is 12.0 Å². The molecule has 1 aliphatic carbocycles. The van der Waals surface area contributed by atoms with Crippen LogP contribution >= 0.6 is 0 Å². The molecule has 1 aliphatic heterocycles. The molecule has 8 unspecified atom stereocenters. The van der Waals surface area contributed by atoms with Gasteiger partial charge in [0.25, 0.3) is 0 Å². The fraction of sp³-hybridized carbons (Fsp3) is 0.556. The third-order valence-corrected chi connectivity index (χ3v) is 7.67. The van der Waals surface area contributed by atoms with Crippen LogP contribution in [-0.2, 0) is 11.2 Å². The Hall–Kier alpha value is -2.84. The molecular weight excluding hydrogens is 516 g/mol. The van der Waals surface area contributed by atoms with E-state index in [1.165, 1.54) is 21.3 Å². The van der Waals surface area contributed by atoms with Crippen LogP contribution in [-0.4, -0.2) is 108 Å². The molecule has 1 heterocycles. The second-order valence-corrected chi connectivity index (χ2v) is 9.76. The van der Waals surface area contributed by atoms with Crippen molar-refractivity contribution in [3.05, 3.63) is 41.0 Å². The predicted molar refractivity (Wildman–Crippen MR) is 135 cm³/mol. The molecule has 0 saturated carbocycles. The lowest BCUT2D eigenvalue weighted by Crippen LogP contribution is -2.60. The SMILES string of the molecule is COc1cc2c(cc1OC1OC(CO)C(O)C(O)C1O)C(c1cc(OC)c(O)c(OC)c1)C(CO)C(CO)C2. The van der Waals surface area contributed by atoms with Crippen molar-refractivity contribution in [3.8, 4) is 28.7 Å². The summed E-state index contributed by atoms with van der Waals surface area (Å²) in [6.07, 6.45) is -6.98. The Labute approximate surface area is 225 Å². The summed E-state index contributed by atoms with van der Waals surface area (Å²) in [6, 6.07) is 6.67. The summed E-state index contributed by atoms with van der Waals surface area (Å²) in [5.74, 6) is -0.676. The zero-order chi connectivity index (χ0) is 28.4. The van der Waals surface area contributed by atoms with E-state index in [-0.39, 0.29) is 47.9 Å². The predicted octanol–water partition coefficient (Wildman–Crippen LogP) is -0.498. The van der Waals surface area contributed by atoms with Crippen molar-refractivity contribution in [3.63, 3.8) is 0 Å². The maximum absolute atomic E-state index is 10.5. The number of hydrogen-bond acceptors (Lipinski definition) is 12. The minimum absolute atomic E-state index is 0.141. The fourth-order valence-electron chi connectivity index (χ4n) is 5.54. The van der Waals surface area contributed by atoms with Gasteiger partial charge in [-0.15, -0.1) is 0 Å². The number of ether oxygens (including phenoxy) is 5. The molecule has 216 valence electrons. The number of aromatic hydroxyl groups is 1. The molecule has 1 saturated heterocycles. The number of benzene rings is 2. The Bertz CT molecular complexity index is 1110. The molecule has 12 nitrogen and oxygen atoms in total. The van der Waals surface area contributed by atoms with Crippen molar-refractivity contribution in [2.75, 3.05) is 41.2 Å². The van der Waals surface area contributed by atoms with Gasteiger partial charge in [-0.1, -0.05) is 0 Å². The zero-order valence-electron chi connectivity index (χ0n) is 21.9. The summed E-state index contributed by atoms with van der Waals surface area (Å²) >= 11 is 0. The van der Waals surface area contributed by atoms with E-state index in [9.17, 15) is 35.7 Å².